The first-order valence-corrected chi connectivity index (χ1v) is 8.36. The number of ether oxygens (including phenoxy) is 1. The highest BCUT2D eigenvalue weighted by Gasteiger charge is 2.14. The van der Waals surface area contributed by atoms with E-state index in [0.717, 1.165) is 26.0 Å². The van der Waals surface area contributed by atoms with E-state index >= 15 is 0 Å². The van der Waals surface area contributed by atoms with Gasteiger partial charge in [-0.25, -0.2) is 0 Å². The molecule has 2 unspecified atom stereocenters. The summed E-state index contributed by atoms with van der Waals surface area (Å²) >= 11 is 0. The van der Waals surface area contributed by atoms with E-state index in [1.165, 1.54) is 16.7 Å². The van der Waals surface area contributed by atoms with Crippen LogP contribution in [0.4, 0.5) is 0 Å². The molecule has 0 radical (unpaired) electrons. The number of rotatable bonds is 9. The van der Waals surface area contributed by atoms with Gasteiger partial charge < -0.3 is 10.1 Å². The molecule has 1 aromatic rings. The molecule has 0 aliphatic carbocycles. The summed E-state index contributed by atoms with van der Waals surface area (Å²) < 4.78 is 6.07. The van der Waals surface area contributed by atoms with E-state index in [4.69, 9.17) is 4.74 Å². The molecule has 2 heteroatoms. The molecule has 21 heavy (non-hydrogen) atoms. The van der Waals surface area contributed by atoms with Gasteiger partial charge in [0.15, 0.2) is 0 Å². The predicted molar refractivity (Wildman–Crippen MR) is 91.8 cm³/mol. The summed E-state index contributed by atoms with van der Waals surface area (Å²) in [4.78, 5) is 0. The van der Waals surface area contributed by atoms with Crippen LogP contribution in [0, 0.1) is 19.8 Å². The summed E-state index contributed by atoms with van der Waals surface area (Å²) in [6, 6.07) is 7.02. The highest BCUT2D eigenvalue weighted by molar-refractivity contribution is 5.31. The molecular weight excluding hydrogens is 258 g/mol. The van der Waals surface area contributed by atoms with Gasteiger partial charge in [-0.05, 0) is 62.8 Å². The summed E-state index contributed by atoms with van der Waals surface area (Å²) in [5.74, 6) is 0.684. The van der Waals surface area contributed by atoms with Gasteiger partial charge in [0.1, 0.15) is 0 Å². The normalized spacial score (nSPS) is 14.4. The number of nitrogens with one attached hydrogen (secondary N) is 1. The molecule has 2 atom stereocenters. The van der Waals surface area contributed by atoms with Gasteiger partial charge >= 0.3 is 0 Å². The molecule has 0 fully saturated rings. The van der Waals surface area contributed by atoms with Crippen LogP contribution in [0.2, 0.25) is 0 Å². The van der Waals surface area contributed by atoms with Crippen LogP contribution < -0.4 is 5.32 Å². The number of benzene rings is 1. The van der Waals surface area contributed by atoms with E-state index in [1.54, 1.807) is 0 Å². The molecule has 120 valence electrons. The Morgan fingerprint density at radius 3 is 2.38 bits per heavy atom. The summed E-state index contributed by atoms with van der Waals surface area (Å²) in [5, 5.41) is 3.62. The van der Waals surface area contributed by atoms with Crippen molar-refractivity contribution in [3.63, 3.8) is 0 Å². The topological polar surface area (TPSA) is 21.3 Å². The maximum atomic E-state index is 6.07. The van der Waals surface area contributed by atoms with Crippen molar-refractivity contribution < 1.29 is 4.74 Å². The molecule has 1 N–H and O–H groups in total. The summed E-state index contributed by atoms with van der Waals surface area (Å²) in [6.45, 7) is 15.0. The Morgan fingerprint density at radius 1 is 1.10 bits per heavy atom. The van der Waals surface area contributed by atoms with E-state index in [-0.39, 0.29) is 0 Å². The first kappa shape index (κ1) is 18.2. The molecule has 0 saturated heterocycles. The van der Waals surface area contributed by atoms with Gasteiger partial charge in [-0.1, -0.05) is 39.0 Å². The molecule has 0 aliphatic heterocycles. The van der Waals surface area contributed by atoms with Gasteiger partial charge in [-0.15, -0.1) is 0 Å². The third kappa shape index (κ3) is 6.62. The SMILES string of the molecule is CCCNC(COC(C)CC(C)C)c1ccc(C)c(C)c1. The maximum absolute atomic E-state index is 6.07. The fourth-order valence-corrected chi connectivity index (χ4v) is 2.57. The van der Waals surface area contributed by atoms with Gasteiger partial charge in [0.05, 0.1) is 18.8 Å². The largest absolute Gasteiger partial charge is 0.377 e. The highest BCUT2D eigenvalue weighted by atomic mass is 16.5. The summed E-state index contributed by atoms with van der Waals surface area (Å²) in [7, 11) is 0. The second kappa shape index (κ2) is 9.22. The van der Waals surface area contributed by atoms with E-state index in [1.807, 2.05) is 0 Å². The Kier molecular flexibility index (Phi) is 7.98. The van der Waals surface area contributed by atoms with Crippen molar-refractivity contribution in [2.24, 2.45) is 5.92 Å². The van der Waals surface area contributed by atoms with Gasteiger partial charge in [0.25, 0.3) is 0 Å². The molecule has 0 saturated carbocycles. The Labute approximate surface area is 131 Å². The quantitative estimate of drug-likeness (QED) is 0.706. The minimum Gasteiger partial charge on any atom is -0.377 e. The van der Waals surface area contributed by atoms with Crippen molar-refractivity contribution in [2.75, 3.05) is 13.2 Å². The molecule has 2 nitrogen and oxygen atoms in total. The zero-order valence-electron chi connectivity index (χ0n) is 14.7. The first-order chi connectivity index (χ1) is 9.93. The third-order valence-electron chi connectivity index (χ3n) is 3.92. The van der Waals surface area contributed by atoms with Gasteiger partial charge in [-0.3, -0.25) is 0 Å². The number of aryl methyl sites for hydroxylation is 2. The zero-order chi connectivity index (χ0) is 15.8. The standard InChI is InChI=1S/C19H33NO/c1-7-10-20-19(13-21-17(6)11-14(2)3)18-9-8-15(4)16(5)12-18/h8-9,12,14,17,19-20H,7,10-11,13H2,1-6H3. The van der Waals surface area contributed by atoms with Crippen LogP contribution in [0.15, 0.2) is 18.2 Å². The van der Waals surface area contributed by atoms with Crippen molar-refractivity contribution in [3.8, 4) is 0 Å². The fraction of sp³-hybridized carbons (Fsp3) is 0.684. The summed E-state index contributed by atoms with van der Waals surface area (Å²) in [6.07, 6.45) is 2.58. The Morgan fingerprint density at radius 2 is 1.81 bits per heavy atom. The lowest BCUT2D eigenvalue weighted by Gasteiger charge is -2.23. The molecule has 1 aromatic carbocycles. The lowest BCUT2D eigenvalue weighted by Crippen LogP contribution is -2.28. The molecule has 0 aliphatic rings. The minimum atomic E-state index is 0.291. The van der Waals surface area contributed by atoms with Crippen molar-refractivity contribution in [1.29, 1.82) is 0 Å². The van der Waals surface area contributed by atoms with Gasteiger partial charge in [0, 0.05) is 0 Å². The first-order valence-electron chi connectivity index (χ1n) is 8.36. The number of hydrogen-bond donors (Lipinski definition) is 1. The molecule has 1 rings (SSSR count). The molecule has 0 amide bonds. The van der Waals surface area contributed by atoms with Crippen LogP contribution in [0.5, 0.6) is 0 Å². The monoisotopic (exact) mass is 291 g/mol. The summed E-state index contributed by atoms with van der Waals surface area (Å²) in [5.41, 5.74) is 4.04. The average molecular weight is 291 g/mol. The Bertz CT molecular complexity index is 414. The van der Waals surface area contributed by atoms with Crippen molar-refractivity contribution in [2.45, 2.75) is 66.5 Å². The lowest BCUT2D eigenvalue weighted by atomic mass is 10.0. The predicted octanol–water partition coefficient (Wildman–Crippen LogP) is 4.80. The van der Waals surface area contributed by atoms with Gasteiger partial charge in [0.2, 0.25) is 0 Å². The van der Waals surface area contributed by atoms with Crippen molar-refractivity contribution in [1.82, 2.24) is 5.32 Å². The van der Waals surface area contributed by atoms with E-state index in [2.05, 4.69) is 65.1 Å². The minimum absolute atomic E-state index is 0.291. The maximum Gasteiger partial charge on any atom is 0.0665 e. The molecular formula is C19H33NO. The molecule has 0 bridgehead atoms. The van der Waals surface area contributed by atoms with E-state index in [9.17, 15) is 0 Å². The van der Waals surface area contributed by atoms with Crippen LogP contribution in [0.25, 0.3) is 0 Å². The smallest absolute Gasteiger partial charge is 0.0665 e. The van der Waals surface area contributed by atoms with Crippen molar-refractivity contribution in [3.05, 3.63) is 34.9 Å². The van der Waals surface area contributed by atoms with Crippen LogP contribution in [-0.2, 0) is 4.74 Å². The second-order valence-corrected chi connectivity index (χ2v) is 6.62. The van der Waals surface area contributed by atoms with E-state index in [0.29, 0.717) is 18.1 Å². The Balaban J connectivity index is 2.68. The molecule has 0 spiro atoms. The second-order valence-electron chi connectivity index (χ2n) is 6.62. The van der Waals surface area contributed by atoms with Crippen LogP contribution >= 0.6 is 0 Å². The van der Waals surface area contributed by atoms with E-state index < -0.39 is 0 Å². The molecule has 0 heterocycles. The van der Waals surface area contributed by atoms with Crippen LogP contribution in [0.3, 0.4) is 0 Å². The van der Waals surface area contributed by atoms with Crippen LogP contribution in [0.1, 0.15) is 63.3 Å². The fourth-order valence-electron chi connectivity index (χ4n) is 2.57. The molecule has 0 aromatic heterocycles. The van der Waals surface area contributed by atoms with Gasteiger partial charge in [-0.2, -0.15) is 0 Å². The Hall–Kier alpha value is -0.860. The number of hydrogen-bond acceptors (Lipinski definition) is 2. The third-order valence-corrected chi connectivity index (χ3v) is 3.92. The zero-order valence-corrected chi connectivity index (χ0v) is 14.7. The van der Waals surface area contributed by atoms with Crippen molar-refractivity contribution >= 4 is 0 Å². The lowest BCUT2D eigenvalue weighted by molar-refractivity contribution is 0.0370. The highest BCUT2D eigenvalue weighted by Crippen LogP contribution is 2.19. The average Bonchev–Trinajstić information content (AvgIpc) is 2.41. The van der Waals surface area contributed by atoms with Crippen LogP contribution in [-0.4, -0.2) is 19.3 Å².